The number of fused-ring (bicyclic) bond motifs is 1. The van der Waals surface area contributed by atoms with Crippen molar-refractivity contribution in [1.82, 2.24) is 29.9 Å². The molecule has 49 heavy (non-hydrogen) atoms. The summed E-state index contributed by atoms with van der Waals surface area (Å²) in [5, 5.41) is 12.1. The number of carbonyl (C=O) groups excluding carboxylic acids is 3. The first kappa shape index (κ1) is 32.9. The maximum atomic E-state index is 13.5. The molecule has 2 aromatic heterocycles. The van der Waals surface area contributed by atoms with Gasteiger partial charge >= 0.3 is 0 Å². The fourth-order valence-corrected chi connectivity index (χ4v) is 7.96. The SMILES string of the molecule is CN1C[C@H](Nc2cnn(C)c(=O)c2Cl)C[C@H](c2ccc(C(=O)N3CCC(c4ccc5c(C6CCC(=O)NC6=O)cncc5c4)CC3)cc2)C1. The number of halogens is 1. The number of aromatic nitrogens is 3. The molecule has 0 bridgehead atoms. The van der Waals surface area contributed by atoms with Gasteiger partial charge in [0.05, 0.1) is 17.8 Å². The van der Waals surface area contributed by atoms with E-state index in [4.69, 9.17) is 11.6 Å². The number of likely N-dealkylation sites (N-methyl/N-ethyl adjacent to an activating group) is 1. The molecule has 2 aromatic carbocycles. The van der Waals surface area contributed by atoms with Gasteiger partial charge in [0.15, 0.2) is 0 Å². The second-order valence-corrected chi connectivity index (χ2v) is 14.1. The van der Waals surface area contributed by atoms with Crippen molar-refractivity contribution in [2.75, 3.05) is 38.5 Å². The maximum absolute atomic E-state index is 13.5. The molecule has 3 aliphatic rings. The lowest BCUT2D eigenvalue weighted by Gasteiger charge is -2.37. The van der Waals surface area contributed by atoms with Crippen LogP contribution in [0.5, 0.6) is 0 Å². The Morgan fingerprint density at radius 1 is 0.918 bits per heavy atom. The van der Waals surface area contributed by atoms with E-state index in [9.17, 15) is 19.2 Å². The summed E-state index contributed by atoms with van der Waals surface area (Å²) in [6.45, 7) is 3.07. The van der Waals surface area contributed by atoms with Gasteiger partial charge in [-0.1, -0.05) is 35.9 Å². The predicted octanol–water partition coefficient (Wildman–Crippen LogP) is 4.42. The van der Waals surface area contributed by atoms with Crippen molar-refractivity contribution in [3.63, 3.8) is 0 Å². The molecule has 3 atom stereocenters. The van der Waals surface area contributed by atoms with E-state index in [1.54, 1.807) is 19.4 Å². The standard InChI is InChI=1S/C37H40ClN7O4/c1-43-20-27(16-28(21-43)41-32-19-40-44(2)37(49)34(32)38)22-3-5-24(6-4-22)36(48)45-13-11-23(12-14-45)25-7-8-29-26(15-25)17-39-18-31(29)30-9-10-33(46)42-35(30)47/h3-8,15,17-19,23,27-28,30,41H,9-14,16,20-21H2,1-2H3,(H,42,46,47)/t27-,28+,30?/m0/s1. The molecule has 0 radical (unpaired) electrons. The number of hydrogen-bond acceptors (Lipinski definition) is 8. The number of likely N-dealkylation sites (tertiary alicyclic amines) is 2. The van der Waals surface area contributed by atoms with Crippen LogP contribution in [0.4, 0.5) is 5.69 Å². The topological polar surface area (TPSA) is 130 Å². The van der Waals surface area contributed by atoms with Crippen LogP contribution in [0.2, 0.25) is 5.02 Å². The van der Waals surface area contributed by atoms with Crippen molar-refractivity contribution < 1.29 is 14.4 Å². The Morgan fingerprint density at radius 3 is 2.43 bits per heavy atom. The number of carbonyl (C=O) groups is 3. The highest BCUT2D eigenvalue weighted by Gasteiger charge is 2.31. The molecule has 3 saturated heterocycles. The Kier molecular flexibility index (Phi) is 9.21. The Labute approximate surface area is 289 Å². The number of rotatable bonds is 6. The molecule has 3 amide bonds. The van der Waals surface area contributed by atoms with Gasteiger partial charge in [0.2, 0.25) is 11.8 Å². The number of benzene rings is 2. The van der Waals surface area contributed by atoms with Crippen LogP contribution in [0, 0.1) is 0 Å². The first-order valence-corrected chi connectivity index (χ1v) is 17.3. The average molecular weight is 682 g/mol. The molecule has 11 nitrogen and oxygen atoms in total. The number of aryl methyl sites for hydroxylation is 1. The lowest BCUT2D eigenvalue weighted by Crippen LogP contribution is -2.43. The van der Waals surface area contributed by atoms with Crippen LogP contribution in [-0.4, -0.2) is 81.6 Å². The summed E-state index contributed by atoms with van der Waals surface area (Å²) in [5.74, 6) is -0.230. The minimum Gasteiger partial charge on any atom is -0.378 e. The highest BCUT2D eigenvalue weighted by Crippen LogP contribution is 2.35. The molecular weight excluding hydrogens is 642 g/mol. The number of nitrogens with zero attached hydrogens (tertiary/aromatic N) is 5. The lowest BCUT2D eigenvalue weighted by atomic mass is 9.85. The molecule has 0 saturated carbocycles. The third-order valence-corrected chi connectivity index (χ3v) is 10.7. The number of amides is 3. The molecule has 0 spiro atoms. The van der Waals surface area contributed by atoms with Crippen molar-refractivity contribution in [2.45, 2.75) is 55.9 Å². The Morgan fingerprint density at radius 2 is 1.67 bits per heavy atom. The van der Waals surface area contributed by atoms with E-state index in [2.05, 4.69) is 63.0 Å². The molecule has 1 unspecified atom stereocenters. The fraction of sp³-hybridized carbons (Fsp3) is 0.405. The molecule has 3 fully saturated rings. The van der Waals surface area contributed by atoms with E-state index in [-0.39, 0.29) is 46.2 Å². The van der Waals surface area contributed by atoms with E-state index in [0.717, 1.165) is 48.7 Å². The maximum Gasteiger partial charge on any atom is 0.287 e. The predicted molar refractivity (Wildman–Crippen MR) is 188 cm³/mol. The molecule has 12 heteroatoms. The highest BCUT2D eigenvalue weighted by atomic mass is 35.5. The van der Waals surface area contributed by atoms with Crippen LogP contribution in [0.3, 0.4) is 0 Å². The van der Waals surface area contributed by atoms with Gasteiger partial charge in [-0.05, 0) is 84.8 Å². The first-order valence-electron chi connectivity index (χ1n) is 16.9. The van der Waals surface area contributed by atoms with E-state index in [1.807, 2.05) is 23.2 Å². The highest BCUT2D eigenvalue weighted by molar-refractivity contribution is 6.32. The van der Waals surface area contributed by atoms with Crippen LogP contribution in [0.15, 0.2) is 65.8 Å². The molecule has 4 aromatic rings. The third kappa shape index (κ3) is 6.82. The van der Waals surface area contributed by atoms with Crippen LogP contribution >= 0.6 is 11.6 Å². The van der Waals surface area contributed by atoms with Crippen LogP contribution < -0.4 is 16.2 Å². The Bertz CT molecular complexity index is 1970. The van der Waals surface area contributed by atoms with Crippen molar-refractivity contribution >= 4 is 45.8 Å². The van der Waals surface area contributed by atoms with Gasteiger partial charge < -0.3 is 15.1 Å². The number of imide groups is 1. The van der Waals surface area contributed by atoms with Gasteiger partial charge in [0.25, 0.3) is 11.5 Å². The van der Waals surface area contributed by atoms with Crippen molar-refractivity contribution in [2.24, 2.45) is 7.05 Å². The number of anilines is 1. The summed E-state index contributed by atoms with van der Waals surface area (Å²) >= 11 is 6.31. The summed E-state index contributed by atoms with van der Waals surface area (Å²) in [6.07, 6.45) is 8.58. The quantitative estimate of drug-likeness (QED) is 0.286. The van der Waals surface area contributed by atoms with Gasteiger partial charge in [0.1, 0.15) is 5.02 Å². The molecule has 254 valence electrons. The summed E-state index contributed by atoms with van der Waals surface area (Å²) in [7, 11) is 3.66. The number of nitrogens with one attached hydrogen (secondary N) is 2. The fourth-order valence-electron chi connectivity index (χ4n) is 7.73. The van der Waals surface area contributed by atoms with Gasteiger partial charge in [-0.25, -0.2) is 4.68 Å². The van der Waals surface area contributed by atoms with E-state index < -0.39 is 0 Å². The van der Waals surface area contributed by atoms with Gasteiger partial charge in [-0.2, -0.15) is 5.10 Å². The van der Waals surface area contributed by atoms with Crippen LogP contribution in [0.1, 0.15) is 76.9 Å². The second-order valence-electron chi connectivity index (χ2n) is 13.7. The van der Waals surface area contributed by atoms with Crippen molar-refractivity contribution in [1.29, 1.82) is 0 Å². The molecular formula is C37H40ClN7O4. The largest absolute Gasteiger partial charge is 0.378 e. The monoisotopic (exact) mass is 681 g/mol. The smallest absolute Gasteiger partial charge is 0.287 e. The van der Waals surface area contributed by atoms with Crippen LogP contribution in [0.25, 0.3) is 10.8 Å². The second kappa shape index (κ2) is 13.7. The normalized spacial score (nSPS) is 22.3. The summed E-state index contributed by atoms with van der Waals surface area (Å²) in [5.41, 5.74) is 4.15. The Balaban J connectivity index is 0.969. The molecule has 2 N–H and O–H groups in total. The zero-order valence-corrected chi connectivity index (χ0v) is 28.4. The number of piperidine rings is 3. The third-order valence-electron chi connectivity index (χ3n) is 10.4. The zero-order valence-electron chi connectivity index (χ0n) is 27.7. The minimum absolute atomic E-state index is 0.0506. The van der Waals surface area contributed by atoms with Gasteiger partial charge in [-0.15, -0.1) is 0 Å². The van der Waals surface area contributed by atoms with E-state index >= 15 is 0 Å². The van der Waals surface area contributed by atoms with Crippen LogP contribution in [-0.2, 0) is 16.6 Å². The van der Waals surface area contributed by atoms with Gasteiger partial charge in [-0.3, -0.25) is 29.5 Å². The molecule has 7 rings (SSSR count). The summed E-state index contributed by atoms with van der Waals surface area (Å²) < 4.78 is 1.22. The molecule has 5 heterocycles. The number of hydrogen-bond donors (Lipinski definition) is 2. The summed E-state index contributed by atoms with van der Waals surface area (Å²) in [4.78, 5) is 58.6. The van der Waals surface area contributed by atoms with Crippen molar-refractivity contribution in [3.05, 3.63) is 98.7 Å². The number of pyridine rings is 1. The minimum atomic E-state index is -0.379. The summed E-state index contributed by atoms with van der Waals surface area (Å²) in [6, 6.07) is 14.5. The molecule has 3 aliphatic heterocycles. The van der Waals surface area contributed by atoms with Gasteiger partial charge in [0, 0.05) is 69.0 Å². The van der Waals surface area contributed by atoms with E-state index in [0.29, 0.717) is 43.1 Å². The zero-order chi connectivity index (χ0) is 34.2. The van der Waals surface area contributed by atoms with Crippen molar-refractivity contribution in [3.8, 4) is 0 Å². The average Bonchev–Trinajstić information content (AvgIpc) is 3.11. The molecule has 0 aliphatic carbocycles. The first-order chi connectivity index (χ1) is 23.6. The van der Waals surface area contributed by atoms with E-state index in [1.165, 1.54) is 15.8 Å². The lowest BCUT2D eigenvalue weighted by molar-refractivity contribution is -0.134. The Hall–Kier alpha value is -4.61.